The summed E-state index contributed by atoms with van der Waals surface area (Å²) < 4.78 is 55.6. The number of alkyl halides is 2. The van der Waals surface area contributed by atoms with Crippen molar-refractivity contribution in [3.05, 3.63) is 47.8 Å². The van der Waals surface area contributed by atoms with Gasteiger partial charge in [0.15, 0.2) is 0 Å². The first-order chi connectivity index (χ1) is 14.0. The van der Waals surface area contributed by atoms with Crippen LogP contribution in [0.2, 0.25) is 0 Å². The zero-order valence-electron chi connectivity index (χ0n) is 17.2. The van der Waals surface area contributed by atoms with Gasteiger partial charge in [-0.15, -0.1) is 0 Å². The van der Waals surface area contributed by atoms with Crippen molar-refractivity contribution < 1.29 is 22.4 Å². The lowest BCUT2D eigenvalue weighted by atomic mass is 9.83. The van der Waals surface area contributed by atoms with Crippen LogP contribution in [0.3, 0.4) is 0 Å². The number of hydrogen-bond acceptors (Lipinski definition) is 2. The van der Waals surface area contributed by atoms with E-state index in [0.717, 1.165) is 18.2 Å². The second-order valence-electron chi connectivity index (χ2n) is 8.70. The number of carbonyl (C=O) groups excluding carboxylic acids is 1. The van der Waals surface area contributed by atoms with Crippen molar-refractivity contribution in [3.8, 4) is 11.1 Å². The molecule has 30 heavy (non-hydrogen) atoms. The van der Waals surface area contributed by atoms with Crippen molar-refractivity contribution in [2.45, 2.75) is 63.8 Å². The van der Waals surface area contributed by atoms with Gasteiger partial charge in [-0.25, -0.2) is 22.4 Å². The summed E-state index contributed by atoms with van der Waals surface area (Å²) in [5.41, 5.74) is 0.280. The number of benzene rings is 1. The average Bonchev–Trinajstić information content (AvgIpc) is 2.63. The number of nitrogens with zero attached hydrogens (tertiary/aromatic N) is 1. The van der Waals surface area contributed by atoms with Crippen LogP contribution in [-0.2, 0) is 0 Å². The fourth-order valence-corrected chi connectivity index (χ4v) is 3.65. The van der Waals surface area contributed by atoms with Crippen LogP contribution in [0.4, 0.5) is 28.0 Å². The van der Waals surface area contributed by atoms with Gasteiger partial charge in [-0.05, 0) is 57.9 Å². The number of carbonyl (C=O) groups is 1. The van der Waals surface area contributed by atoms with E-state index in [1.165, 1.54) is 12.3 Å². The van der Waals surface area contributed by atoms with E-state index in [0.29, 0.717) is 5.69 Å². The van der Waals surface area contributed by atoms with Gasteiger partial charge in [-0.3, -0.25) is 4.98 Å². The van der Waals surface area contributed by atoms with Crippen LogP contribution in [0.15, 0.2) is 30.5 Å². The maximum Gasteiger partial charge on any atom is 0.319 e. The molecule has 3 rings (SSSR count). The molecule has 1 aliphatic carbocycles. The Morgan fingerprint density at radius 1 is 1.10 bits per heavy atom. The predicted octanol–water partition coefficient (Wildman–Crippen LogP) is 6.24. The van der Waals surface area contributed by atoms with Gasteiger partial charge >= 0.3 is 6.03 Å². The summed E-state index contributed by atoms with van der Waals surface area (Å²) in [4.78, 5) is 16.9. The van der Waals surface area contributed by atoms with Crippen molar-refractivity contribution in [2.24, 2.45) is 0 Å². The van der Waals surface area contributed by atoms with E-state index in [1.807, 2.05) is 0 Å². The van der Waals surface area contributed by atoms with Gasteiger partial charge < -0.3 is 10.6 Å². The zero-order chi connectivity index (χ0) is 22.1. The predicted molar refractivity (Wildman–Crippen MR) is 108 cm³/mol. The van der Waals surface area contributed by atoms with E-state index >= 15 is 0 Å². The Hall–Kier alpha value is -2.64. The standard InChI is InChI=1S/C22H25F4N3O/c1-21(2,3)29-20(30)28-19-15(16-12-14(23)4-5-17(16)24)8-11-27-18(19)13-6-9-22(25,26)10-7-13/h4-5,8,11-13H,6-7,9-10H2,1-3H3,(H2,28,29,30). The van der Waals surface area contributed by atoms with Crippen molar-refractivity contribution >= 4 is 11.7 Å². The minimum absolute atomic E-state index is 0.0363. The quantitative estimate of drug-likeness (QED) is 0.574. The summed E-state index contributed by atoms with van der Waals surface area (Å²) in [6.45, 7) is 5.40. The van der Waals surface area contributed by atoms with E-state index in [-0.39, 0.29) is 48.4 Å². The number of aromatic nitrogens is 1. The molecule has 8 heteroatoms. The molecule has 1 heterocycles. The molecule has 0 unspecified atom stereocenters. The molecule has 2 N–H and O–H groups in total. The Morgan fingerprint density at radius 3 is 2.40 bits per heavy atom. The lowest BCUT2D eigenvalue weighted by Gasteiger charge is -2.30. The molecule has 2 amide bonds. The van der Waals surface area contributed by atoms with Crippen LogP contribution in [0.5, 0.6) is 0 Å². The Labute approximate surface area is 173 Å². The SMILES string of the molecule is CC(C)(C)NC(=O)Nc1c(-c2cc(F)ccc2F)ccnc1C1CCC(F)(F)CC1. The number of hydrogen-bond donors (Lipinski definition) is 2. The number of nitrogens with one attached hydrogen (secondary N) is 2. The van der Waals surface area contributed by atoms with Gasteiger partial charge in [-0.1, -0.05) is 0 Å². The van der Waals surface area contributed by atoms with Crippen molar-refractivity contribution in [1.82, 2.24) is 10.3 Å². The number of amides is 2. The van der Waals surface area contributed by atoms with E-state index < -0.39 is 29.1 Å². The van der Waals surface area contributed by atoms with Crippen molar-refractivity contribution in [2.75, 3.05) is 5.32 Å². The maximum absolute atomic E-state index is 14.5. The first-order valence-electron chi connectivity index (χ1n) is 9.86. The monoisotopic (exact) mass is 423 g/mol. The molecule has 0 aliphatic heterocycles. The minimum atomic E-state index is -2.72. The van der Waals surface area contributed by atoms with Crippen molar-refractivity contribution in [1.29, 1.82) is 0 Å². The Bertz CT molecular complexity index is 930. The largest absolute Gasteiger partial charge is 0.333 e. The van der Waals surface area contributed by atoms with Crippen LogP contribution < -0.4 is 10.6 Å². The zero-order valence-corrected chi connectivity index (χ0v) is 17.2. The van der Waals surface area contributed by atoms with Gasteiger partial charge in [0, 0.05) is 41.6 Å². The highest BCUT2D eigenvalue weighted by Crippen LogP contribution is 2.44. The number of urea groups is 1. The highest BCUT2D eigenvalue weighted by molar-refractivity contribution is 5.95. The number of rotatable bonds is 3. The lowest BCUT2D eigenvalue weighted by Crippen LogP contribution is -2.43. The molecule has 0 radical (unpaired) electrons. The summed E-state index contributed by atoms with van der Waals surface area (Å²) in [7, 11) is 0. The summed E-state index contributed by atoms with van der Waals surface area (Å²) in [5.74, 6) is -4.35. The van der Waals surface area contributed by atoms with Crippen LogP contribution in [0, 0.1) is 11.6 Å². The van der Waals surface area contributed by atoms with E-state index in [1.54, 1.807) is 20.8 Å². The van der Waals surface area contributed by atoms with E-state index in [4.69, 9.17) is 0 Å². The Kier molecular flexibility index (Phi) is 6.06. The molecule has 1 aromatic carbocycles. The highest BCUT2D eigenvalue weighted by atomic mass is 19.3. The van der Waals surface area contributed by atoms with Crippen molar-refractivity contribution in [3.63, 3.8) is 0 Å². The summed E-state index contributed by atoms with van der Waals surface area (Å²) in [6.07, 6.45) is 1.22. The molecule has 162 valence electrons. The van der Waals surface area contributed by atoms with E-state index in [2.05, 4.69) is 15.6 Å². The van der Waals surface area contributed by atoms with Crippen LogP contribution in [-0.4, -0.2) is 22.5 Å². The molecular weight excluding hydrogens is 398 g/mol. The third kappa shape index (κ3) is 5.29. The molecule has 4 nitrogen and oxygen atoms in total. The average molecular weight is 423 g/mol. The van der Waals surface area contributed by atoms with E-state index in [9.17, 15) is 22.4 Å². The molecule has 1 aliphatic rings. The second-order valence-corrected chi connectivity index (χ2v) is 8.70. The molecule has 0 saturated heterocycles. The molecule has 1 fully saturated rings. The Balaban J connectivity index is 2.06. The molecule has 1 saturated carbocycles. The number of halogens is 4. The highest BCUT2D eigenvalue weighted by Gasteiger charge is 2.37. The molecule has 2 aromatic rings. The molecule has 1 aromatic heterocycles. The molecule has 0 spiro atoms. The third-order valence-corrected chi connectivity index (χ3v) is 5.03. The van der Waals surface area contributed by atoms with Crippen LogP contribution in [0.25, 0.3) is 11.1 Å². The lowest BCUT2D eigenvalue weighted by molar-refractivity contribution is -0.0384. The molecular formula is C22H25F4N3O. The number of anilines is 1. The van der Waals surface area contributed by atoms with Gasteiger partial charge in [-0.2, -0.15) is 0 Å². The van der Waals surface area contributed by atoms with Crippen LogP contribution >= 0.6 is 0 Å². The van der Waals surface area contributed by atoms with Gasteiger partial charge in [0.1, 0.15) is 11.6 Å². The smallest absolute Gasteiger partial charge is 0.319 e. The van der Waals surface area contributed by atoms with Gasteiger partial charge in [0.05, 0.1) is 11.4 Å². The van der Waals surface area contributed by atoms with Gasteiger partial charge in [0.25, 0.3) is 0 Å². The summed E-state index contributed by atoms with van der Waals surface area (Å²) in [6, 6.07) is 3.98. The number of pyridine rings is 1. The first-order valence-corrected chi connectivity index (χ1v) is 9.86. The maximum atomic E-state index is 14.5. The first kappa shape index (κ1) is 22.1. The molecule has 0 bridgehead atoms. The topological polar surface area (TPSA) is 54.0 Å². The fraction of sp³-hybridized carbons (Fsp3) is 0.455. The van der Waals surface area contributed by atoms with Crippen LogP contribution in [0.1, 0.15) is 58.1 Å². The minimum Gasteiger partial charge on any atom is -0.333 e. The normalized spacial score (nSPS) is 16.9. The van der Waals surface area contributed by atoms with Gasteiger partial charge in [0.2, 0.25) is 5.92 Å². The molecule has 0 atom stereocenters. The fourth-order valence-electron chi connectivity index (χ4n) is 3.65. The third-order valence-electron chi connectivity index (χ3n) is 5.03. The second kappa shape index (κ2) is 8.24. The summed E-state index contributed by atoms with van der Waals surface area (Å²) >= 11 is 0. The Morgan fingerprint density at radius 2 is 1.77 bits per heavy atom. The summed E-state index contributed by atoms with van der Waals surface area (Å²) in [5, 5.41) is 5.46.